The van der Waals surface area contributed by atoms with Crippen molar-refractivity contribution >= 4 is 12.0 Å². The molecule has 1 aliphatic rings. The molecule has 0 aliphatic carbocycles. The average molecular weight is 412 g/mol. The van der Waals surface area contributed by atoms with Gasteiger partial charge in [-0.15, -0.1) is 0 Å². The molecule has 0 unspecified atom stereocenters. The minimum absolute atomic E-state index is 0.0206. The molecule has 0 spiro atoms. The Kier molecular flexibility index (Phi) is 7.26. The number of halogens is 1. The number of aryl methyl sites for hydroxylation is 1. The Bertz CT molecular complexity index is 951. The SMILES string of the molecule is Cc1cc(/C=C(\C#N)C(=O)OCCOc2ccc(F)cc2)c(C)n1C[C@@H]1CCCO1. The van der Waals surface area contributed by atoms with Gasteiger partial charge in [-0.1, -0.05) is 0 Å². The highest BCUT2D eigenvalue weighted by atomic mass is 19.1. The molecule has 1 fully saturated rings. The number of hydrogen-bond acceptors (Lipinski definition) is 5. The predicted octanol–water partition coefficient (Wildman–Crippen LogP) is 3.95. The number of nitrogens with zero attached hydrogens (tertiary/aromatic N) is 2. The van der Waals surface area contributed by atoms with E-state index in [2.05, 4.69) is 4.57 Å². The zero-order valence-electron chi connectivity index (χ0n) is 17.2. The second kappa shape index (κ2) is 10.1. The standard InChI is InChI=1S/C23H25FN2O4/c1-16-12-18(17(2)26(16)15-22-4-3-9-28-22)13-19(14-25)23(27)30-11-10-29-21-7-5-20(24)6-8-21/h5-8,12-13,22H,3-4,9-11,15H2,1-2H3/b19-13+/t22-/m0/s1. The van der Waals surface area contributed by atoms with Crippen molar-refractivity contribution in [3.63, 3.8) is 0 Å². The van der Waals surface area contributed by atoms with Gasteiger partial charge in [-0.3, -0.25) is 0 Å². The summed E-state index contributed by atoms with van der Waals surface area (Å²) in [5.74, 6) is -0.584. The Morgan fingerprint density at radius 2 is 2.10 bits per heavy atom. The van der Waals surface area contributed by atoms with Crippen LogP contribution in [0.25, 0.3) is 6.08 Å². The van der Waals surface area contributed by atoms with E-state index in [-0.39, 0.29) is 30.7 Å². The largest absolute Gasteiger partial charge is 0.490 e. The summed E-state index contributed by atoms with van der Waals surface area (Å²) >= 11 is 0. The summed E-state index contributed by atoms with van der Waals surface area (Å²) in [4.78, 5) is 12.3. The van der Waals surface area contributed by atoms with Crippen LogP contribution in [0, 0.1) is 31.0 Å². The molecule has 1 aromatic carbocycles. The van der Waals surface area contributed by atoms with E-state index in [1.165, 1.54) is 24.3 Å². The van der Waals surface area contributed by atoms with Crippen LogP contribution in [0.3, 0.4) is 0 Å². The van der Waals surface area contributed by atoms with Crippen LogP contribution in [0.4, 0.5) is 4.39 Å². The van der Waals surface area contributed by atoms with E-state index in [0.29, 0.717) is 5.75 Å². The van der Waals surface area contributed by atoms with Gasteiger partial charge in [0.05, 0.1) is 6.10 Å². The highest BCUT2D eigenvalue weighted by Crippen LogP contribution is 2.22. The van der Waals surface area contributed by atoms with Crippen LogP contribution in [0.15, 0.2) is 35.9 Å². The summed E-state index contributed by atoms with van der Waals surface area (Å²) in [5.41, 5.74) is 2.76. The first-order valence-electron chi connectivity index (χ1n) is 9.93. The van der Waals surface area contributed by atoms with E-state index < -0.39 is 5.97 Å². The highest BCUT2D eigenvalue weighted by molar-refractivity contribution is 5.98. The van der Waals surface area contributed by atoms with Crippen molar-refractivity contribution in [1.29, 1.82) is 5.26 Å². The second-order valence-corrected chi connectivity index (χ2v) is 7.18. The second-order valence-electron chi connectivity index (χ2n) is 7.18. The molecular formula is C23H25FN2O4. The van der Waals surface area contributed by atoms with Gasteiger partial charge in [0.15, 0.2) is 0 Å². The Labute approximate surface area is 175 Å². The quantitative estimate of drug-likeness (QED) is 0.284. The lowest BCUT2D eigenvalue weighted by Crippen LogP contribution is -2.16. The number of rotatable bonds is 8. The van der Waals surface area contributed by atoms with Crippen molar-refractivity contribution in [3.05, 3.63) is 58.7 Å². The average Bonchev–Trinajstić information content (AvgIpc) is 3.34. The van der Waals surface area contributed by atoms with Gasteiger partial charge in [-0.05, 0) is 68.7 Å². The first-order valence-corrected chi connectivity index (χ1v) is 9.93. The van der Waals surface area contributed by atoms with Crippen LogP contribution >= 0.6 is 0 Å². The highest BCUT2D eigenvalue weighted by Gasteiger charge is 2.19. The third-order valence-corrected chi connectivity index (χ3v) is 5.06. The van der Waals surface area contributed by atoms with Gasteiger partial charge in [0, 0.05) is 24.5 Å². The minimum Gasteiger partial charge on any atom is -0.490 e. The number of carbonyl (C=O) groups is 1. The molecule has 3 rings (SSSR count). The fourth-order valence-electron chi connectivity index (χ4n) is 3.44. The van der Waals surface area contributed by atoms with Gasteiger partial charge in [-0.25, -0.2) is 9.18 Å². The van der Waals surface area contributed by atoms with Crippen molar-refractivity contribution in [2.24, 2.45) is 0 Å². The molecule has 0 radical (unpaired) electrons. The van der Waals surface area contributed by atoms with Crippen molar-refractivity contribution < 1.29 is 23.4 Å². The van der Waals surface area contributed by atoms with Crippen molar-refractivity contribution in [3.8, 4) is 11.8 Å². The summed E-state index contributed by atoms with van der Waals surface area (Å²) in [5, 5.41) is 9.40. The molecule has 1 aliphatic heterocycles. The maximum absolute atomic E-state index is 12.9. The summed E-state index contributed by atoms with van der Waals surface area (Å²) in [6.45, 7) is 5.60. The van der Waals surface area contributed by atoms with Crippen LogP contribution in [0.1, 0.15) is 29.8 Å². The Hall–Kier alpha value is -3.11. The first-order chi connectivity index (χ1) is 14.5. The minimum atomic E-state index is -0.705. The maximum atomic E-state index is 12.9. The number of benzene rings is 1. The molecule has 7 heteroatoms. The zero-order chi connectivity index (χ0) is 21.5. The number of carbonyl (C=O) groups excluding carboxylic acids is 1. The van der Waals surface area contributed by atoms with Gasteiger partial charge in [0.2, 0.25) is 0 Å². The van der Waals surface area contributed by atoms with Gasteiger partial charge in [0.1, 0.15) is 36.4 Å². The smallest absolute Gasteiger partial charge is 0.349 e. The molecule has 1 atom stereocenters. The lowest BCUT2D eigenvalue weighted by Gasteiger charge is -2.14. The number of aromatic nitrogens is 1. The number of esters is 1. The van der Waals surface area contributed by atoms with Crippen LogP contribution in [0.2, 0.25) is 0 Å². The Morgan fingerprint density at radius 3 is 2.77 bits per heavy atom. The molecular weight excluding hydrogens is 387 g/mol. The Balaban J connectivity index is 1.58. The summed E-state index contributed by atoms with van der Waals surface area (Å²) in [6, 6.07) is 9.42. The summed E-state index contributed by atoms with van der Waals surface area (Å²) in [7, 11) is 0. The predicted molar refractivity (Wildman–Crippen MR) is 109 cm³/mol. The normalized spacial score (nSPS) is 16.3. The van der Waals surface area contributed by atoms with Crippen LogP contribution < -0.4 is 4.74 Å². The van der Waals surface area contributed by atoms with Crippen LogP contribution in [-0.4, -0.2) is 36.5 Å². The molecule has 1 aromatic heterocycles. The molecule has 158 valence electrons. The summed E-state index contributed by atoms with van der Waals surface area (Å²) in [6.07, 6.45) is 3.87. The van der Waals surface area contributed by atoms with Gasteiger partial charge >= 0.3 is 5.97 Å². The fraction of sp³-hybridized carbons (Fsp3) is 0.391. The number of hydrogen-bond donors (Lipinski definition) is 0. The molecule has 2 aromatic rings. The van der Waals surface area contributed by atoms with E-state index >= 15 is 0 Å². The molecule has 30 heavy (non-hydrogen) atoms. The third-order valence-electron chi connectivity index (χ3n) is 5.06. The molecule has 0 N–H and O–H groups in total. The van der Waals surface area contributed by atoms with Gasteiger partial charge in [-0.2, -0.15) is 5.26 Å². The molecule has 0 amide bonds. The van der Waals surface area contributed by atoms with E-state index in [1.807, 2.05) is 26.0 Å². The zero-order valence-corrected chi connectivity index (χ0v) is 17.2. The van der Waals surface area contributed by atoms with E-state index in [1.54, 1.807) is 6.08 Å². The monoisotopic (exact) mass is 412 g/mol. The van der Waals surface area contributed by atoms with Crippen LogP contribution in [0.5, 0.6) is 5.75 Å². The first kappa shape index (κ1) is 21.6. The van der Waals surface area contributed by atoms with E-state index in [0.717, 1.165) is 42.9 Å². The molecule has 2 heterocycles. The lowest BCUT2D eigenvalue weighted by molar-refractivity contribution is -0.139. The molecule has 1 saturated heterocycles. The van der Waals surface area contributed by atoms with Crippen molar-refractivity contribution in [2.45, 2.75) is 39.3 Å². The van der Waals surface area contributed by atoms with Gasteiger partial charge in [0.25, 0.3) is 0 Å². The topological polar surface area (TPSA) is 73.5 Å². The van der Waals surface area contributed by atoms with Crippen molar-refractivity contribution in [1.82, 2.24) is 4.57 Å². The van der Waals surface area contributed by atoms with Crippen LogP contribution in [-0.2, 0) is 20.8 Å². The number of nitriles is 1. The third kappa shape index (κ3) is 5.49. The molecule has 6 nitrogen and oxygen atoms in total. The maximum Gasteiger partial charge on any atom is 0.349 e. The fourth-order valence-corrected chi connectivity index (χ4v) is 3.44. The van der Waals surface area contributed by atoms with Crippen molar-refractivity contribution in [2.75, 3.05) is 19.8 Å². The van der Waals surface area contributed by atoms with E-state index in [4.69, 9.17) is 14.2 Å². The van der Waals surface area contributed by atoms with Gasteiger partial charge < -0.3 is 18.8 Å². The molecule has 0 saturated carbocycles. The lowest BCUT2D eigenvalue weighted by atomic mass is 10.1. The Morgan fingerprint density at radius 1 is 1.33 bits per heavy atom. The summed E-state index contributed by atoms with van der Waals surface area (Å²) < 4.78 is 31.3. The van der Waals surface area contributed by atoms with E-state index in [9.17, 15) is 14.4 Å². The molecule has 0 bridgehead atoms. The number of ether oxygens (including phenoxy) is 3.